The van der Waals surface area contributed by atoms with Gasteiger partial charge in [-0.2, -0.15) is 5.26 Å². The molecule has 1 aliphatic rings. The van der Waals surface area contributed by atoms with E-state index in [9.17, 15) is 14.9 Å². The molecular weight excluding hydrogens is 462 g/mol. The van der Waals surface area contributed by atoms with Crippen LogP contribution in [-0.4, -0.2) is 22.5 Å². The number of furan rings is 1. The highest BCUT2D eigenvalue weighted by Crippen LogP contribution is 2.36. The van der Waals surface area contributed by atoms with Gasteiger partial charge in [0.05, 0.1) is 23.1 Å². The van der Waals surface area contributed by atoms with Crippen molar-refractivity contribution in [1.82, 2.24) is 9.97 Å². The number of carbonyl (C=O) groups excluding carboxylic acids is 1. The first-order chi connectivity index (χ1) is 17.0. The van der Waals surface area contributed by atoms with Gasteiger partial charge in [-0.25, -0.2) is 9.78 Å². The lowest BCUT2D eigenvalue weighted by Gasteiger charge is -2.17. The Hall–Kier alpha value is -3.96. The summed E-state index contributed by atoms with van der Waals surface area (Å²) in [4.78, 5) is 34.1. The van der Waals surface area contributed by atoms with Crippen LogP contribution in [-0.2, 0) is 17.6 Å². The van der Waals surface area contributed by atoms with E-state index in [0.29, 0.717) is 39.8 Å². The van der Waals surface area contributed by atoms with Gasteiger partial charge in [0, 0.05) is 16.5 Å². The number of nitrogens with zero attached hydrogens (tertiary/aromatic N) is 2. The molecule has 0 spiro atoms. The molecule has 1 atom stereocenters. The van der Waals surface area contributed by atoms with Crippen molar-refractivity contribution in [1.29, 1.82) is 5.26 Å². The van der Waals surface area contributed by atoms with E-state index in [1.165, 1.54) is 4.88 Å². The van der Waals surface area contributed by atoms with Gasteiger partial charge in [-0.05, 0) is 61.9 Å². The minimum atomic E-state index is -0.375. The summed E-state index contributed by atoms with van der Waals surface area (Å²) in [6.45, 7) is 4.30. The topological polar surface area (TPSA) is 109 Å². The molecule has 0 amide bonds. The number of H-pyrrole nitrogens is 1. The van der Waals surface area contributed by atoms with Crippen LogP contribution in [0, 0.1) is 17.2 Å². The minimum absolute atomic E-state index is 0.208. The summed E-state index contributed by atoms with van der Waals surface area (Å²) >= 11 is 1.55. The number of allylic oxidation sites excluding steroid dienone is 1. The normalized spacial score (nSPS) is 15.6. The van der Waals surface area contributed by atoms with Gasteiger partial charge in [0.15, 0.2) is 5.82 Å². The van der Waals surface area contributed by atoms with Crippen molar-refractivity contribution < 1.29 is 13.9 Å². The third-order valence-electron chi connectivity index (χ3n) is 6.13. The molecule has 0 aliphatic heterocycles. The van der Waals surface area contributed by atoms with Gasteiger partial charge in [-0.1, -0.05) is 19.1 Å². The molecule has 7 nitrogen and oxygen atoms in total. The van der Waals surface area contributed by atoms with Gasteiger partial charge in [0.2, 0.25) is 0 Å². The molecule has 0 radical (unpaired) electrons. The van der Waals surface area contributed by atoms with E-state index in [2.05, 4.69) is 23.0 Å². The molecule has 0 saturated heterocycles. The van der Waals surface area contributed by atoms with E-state index >= 15 is 0 Å². The predicted molar refractivity (Wildman–Crippen MR) is 135 cm³/mol. The molecule has 3 aromatic heterocycles. The number of fused-ring (bicyclic) bond motifs is 3. The molecule has 4 aromatic rings. The molecule has 0 fully saturated rings. The number of aromatic amines is 1. The van der Waals surface area contributed by atoms with Crippen molar-refractivity contribution in [3.63, 3.8) is 0 Å². The number of benzene rings is 1. The van der Waals surface area contributed by atoms with Gasteiger partial charge in [0.1, 0.15) is 22.4 Å². The molecule has 5 rings (SSSR count). The fraction of sp³-hybridized carbons (Fsp3) is 0.259. The summed E-state index contributed by atoms with van der Waals surface area (Å²) in [5.41, 5.74) is 2.35. The third-order valence-corrected chi connectivity index (χ3v) is 7.28. The summed E-state index contributed by atoms with van der Waals surface area (Å²) in [5.74, 6) is 1.49. The second kappa shape index (κ2) is 9.35. The Bertz CT molecular complexity index is 1550. The average molecular weight is 486 g/mol. The molecule has 1 aromatic carbocycles. The van der Waals surface area contributed by atoms with Crippen molar-refractivity contribution in [2.24, 2.45) is 5.92 Å². The second-order valence-corrected chi connectivity index (χ2v) is 9.70. The summed E-state index contributed by atoms with van der Waals surface area (Å²) in [7, 11) is 0. The maximum absolute atomic E-state index is 12.9. The molecule has 8 heteroatoms. The zero-order valence-corrected chi connectivity index (χ0v) is 20.2. The lowest BCUT2D eigenvalue weighted by atomic mass is 9.89. The lowest BCUT2D eigenvalue weighted by Crippen LogP contribution is -2.14. The zero-order chi connectivity index (χ0) is 24.5. The number of esters is 1. The van der Waals surface area contributed by atoms with Crippen LogP contribution in [0.2, 0.25) is 0 Å². The number of aromatic nitrogens is 2. The maximum Gasteiger partial charge on any atom is 0.338 e. The van der Waals surface area contributed by atoms with Crippen molar-refractivity contribution >= 4 is 39.2 Å². The van der Waals surface area contributed by atoms with E-state index in [0.717, 1.165) is 30.4 Å². The lowest BCUT2D eigenvalue weighted by molar-refractivity contribution is 0.0526. The van der Waals surface area contributed by atoms with Crippen LogP contribution in [0.15, 0.2) is 45.6 Å². The van der Waals surface area contributed by atoms with E-state index in [1.54, 1.807) is 60.7 Å². The van der Waals surface area contributed by atoms with Gasteiger partial charge in [0.25, 0.3) is 5.56 Å². The molecule has 1 aliphatic carbocycles. The second-order valence-electron chi connectivity index (χ2n) is 8.62. The fourth-order valence-corrected chi connectivity index (χ4v) is 5.73. The Morgan fingerprint density at radius 2 is 2.11 bits per heavy atom. The SMILES string of the molecule is CCOC(=O)c1ccc(-c2ccc(/C=C(\C#N)c3nc4sc5c(c4c(=O)[nH]3)CC[C@H](C)C5)o2)cc1. The van der Waals surface area contributed by atoms with Gasteiger partial charge in [-0.3, -0.25) is 4.79 Å². The standard InChI is InChI=1S/C27H23N3O4S/c1-3-33-27(32)17-7-5-16(6-8-17)21-11-9-19(34-21)13-18(14-28)24-29-25(31)23-20-10-4-15(2)12-22(20)35-26(23)30-24/h5-9,11,13,15H,3-4,10,12H2,1-2H3,(H,29,30,31)/b18-13+/t15-/m0/s1. The van der Waals surface area contributed by atoms with Crippen LogP contribution in [0.4, 0.5) is 0 Å². The highest BCUT2D eigenvalue weighted by molar-refractivity contribution is 7.18. The van der Waals surface area contributed by atoms with E-state index in [4.69, 9.17) is 9.15 Å². The number of rotatable bonds is 5. The molecular formula is C27H23N3O4S. The van der Waals surface area contributed by atoms with Crippen LogP contribution < -0.4 is 5.56 Å². The highest BCUT2D eigenvalue weighted by Gasteiger charge is 2.23. The van der Waals surface area contributed by atoms with Gasteiger partial charge in [-0.15, -0.1) is 11.3 Å². The molecule has 0 saturated carbocycles. The van der Waals surface area contributed by atoms with Crippen molar-refractivity contribution in [3.05, 3.63) is 74.3 Å². The first-order valence-electron chi connectivity index (χ1n) is 11.5. The third kappa shape index (κ3) is 4.43. The van der Waals surface area contributed by atoms with Gasteiger partial charge >= 0.3 is 5.97 Å². The number of carbonyl (C=O) groups is 1. The number of nitriles is 1. The highest BCUT2D eigenvalue weighted by atomic mass is 32.1. The zero-order valence-electron chi connectivity index (χ0n) is 19.4. The van der Waals surface area contributed by atoms with Crippen LogP contribution in [0.5, 0.6) is 0 Å². The Labute approximate surface area is 205 Å². The smallest absolute Gasteiger partial charge is 0.338 e. The molecule has 1 N–H and O–H groups in total. The Morgan fingerprint density at radius 3 is 2.86 bits per heavy atom. The first kappa shape index (κ1) is 22.8. The number of hydrogen-bond acceptors (Lipinski definition) is 7. The summed E-state index contributed by atoms with van der Waals surface area (Å²) in [5, 5.41) is 10.4. The fourth-order valence-electron chi connectivity index (χ4n) is 4.34. The molecule has 3 heterocycles. The monoisotopic (exact) mass is 485 g/mol. The Morgan fingerprint density at radius 1 is 1.31 bits per heavy atom. The number of ether oxygens (including phenoxy) is 1. The minimum Gasteiger partial charge on any atom is -0.462 e. The summed E-state index contributed by atoms with van der Waals surface area (Å²) in [6.07, 6.45) is 4.48. The van der Waals surface area contributed by atoms with Crippen molar-refractivity contribution in [3.8, 4) is 17.4 Å². The largest absolute Gasteiger partial charge is 0.462 e. The van der Waals surface area contributed by atoms with Crippen LogP contribution >= 0.6 is 11.3 Å². The molecule has 0 bridgehead atoms. The van der Waals surface area contributed by atoms with Crippen molar-refractivity contribution in [2.45, 2.75) is 33.1 Å². The predicted octanol–water partition coefficient (Wildman–Crippen LogP) is 5.61. The van der Waals surface area contributed by atoms with Crippen LogP contribution in [0.3, 0.4) is 0 Å². The van der Waals surface area contributed by atoms with E-state index in [1.807, 2.05) is 0 Å². The maximum atomic E-state index is 12.9. The Balaban J connectivity index is 1.44. The summed E-state index contributed by atoms with van der Waals surface area (Å²) in [6, 6.07) is 12.6. The van der Waals surface area contributed by atoms with Crippen molar-refractivity contribution in [2.75, 3.05) is 6.61 Å². The van der Waals surface area contributed by atoms with Gasteiger partial charge < -0.3 is 14.1 Å². The Kier molecular flexibility index (Phi) is 6.10. The molecule has 35 heavy (non-hydrogen) atoms. The van der Waals surface area contributed by atoms with E-state index in [-0.39, 0.29) is 22.9 Å². The first-order valence-corrected chi connectivity index (χ1v) is 12.3. The van der Waals surface area contributed by atoms with E-state index < -0.39 is 0 Å². The molecule has 0 unspecified atom stereocenters. The van der Waals surface area contributed by atoms with Crippen LogP contribution in [0.1, 0.15) is 52.7 Å². The number of hydrogen-bond donors (Lipinski definition) is 1. The number of thiophene rings is 1. The average Bonchev–Trinajstić information content (AvgIpc) is 3.47. The number of nitrogens with one attached hydrogen (secondary N) is 1. The number of aryl methyl sites for hydroxylation is 1. The summed E-state index contributed by atoms with van der Waals surface area (Å²) < 4.78 is 10.9. The molecule has 176 valence electrons. The van der Waals surface area contributed by atoms with Crippen LogP contribution in [0.25, 0.3) is 33.2 Å². The quantitative estimate of drug-likeness (QED) is 0.291.